The number of aryl methyl sites for hydroxylation is 1. The molecule has 2 aromatic carbocycles. The van der Waals surface area contributed by atoms with E-state index < -0.39 is 12.1 Å². The van der Waals surface area contributed by atoms with Crippen LogP contribution in [0.2, 0.25) is 0 Å². The summed E-state index contributed by atoms with van der Waals surface area (Å²) in [5.74, 6) is -0.468. The number of carbonyl (C=O) groups excluding carboxylic acids is 2. The maximum absolute atomic E-state index is 13.1. The third-order valence-electron chi connectivity index (χ3n) is 5.91. The fourth-order valence-electron chi connectivity index (χ4n) is 3.88. The first-order chi connectivity index (χ1) is 17.4. The monoisotopic (exact) mass is 508 g/mol. The molecule has 192 valence electrons. The molecule has 0 aliphatic heterocycles. The molecule has 0 aliphatic carbocycles. The van der Waals surface area contributed by atoms with Gasteiger partial charge in [0.2, 0.25) is 11.8 Å². The third kappa shape index (κ3) is 9.11. The van der Waals surface area contributed by atoms with E-state index >= 15 is 0 Å². The molecule has 8 heteroatoms. The number of hydrogen-bond acceptors (Lipinski definition) is 6. The van der Waals surface area contributed by atoms with Gasteiger partial charge in [0.1, 0.15) is 11.8 Å². The van der Waals surface area contributed by atoms with Crippen LogP contribution in [-0.2, 0) is 35.3 Å². The molecule has 2 amide bonds. The second-order valence-electron chi connectivity index (χ2n) is 8.88. The molecule has 0 aliphatic rings. The lowest BCUT2D eigenvalue weighted by Crippen LogP contribution is -2.53. The van der Waals surface area contributed by atoms with Gasteiger partial charge in [-0.3, -0.25) is 9.59 Å². The first-order valence-electron chi connectivity index (χ1n) is 12.4. The van der Waals surface area contributed by atoms with Crippen LogP contribution in [0.1, 0.15) is 33.7 Å². The molecule has 1 heterocycles. The van der Waals surface area contributed by atoms with Crippen LogP contribution in [0.15, 0.2) is 66.7 Å². The van der Waals surface area contributed by atoms with Crippen LogP contribution in [0.3, 0.4) is 0 Å². The van der Waals surface area contributed by atoms with E-state index in [4.69, 9.17) is 11.5 Å². The van der Waals surface area contributed by atoms with Crippen LogP contribution in [0.5, 0.6) is 5.75 Å². The molecule has 2 atom stereocenters. The molecule has 0 spiro atoms. The van der Waals surface area contributed by atoms with Crippen molar-refractivity contribution in [2.24, 2.45) is 11.5 Å². The SMILES string of the molecule is NCCCCc1ccc(CCNC(=O)[C@H](Cc2ccccc2)NC(=O)[C@@H](N)Cc2ccc(O)cc2)s1. The summed E-state index contributed by atoms with van der Waals surface area (Å²) >= 11 is 1.77. The van der Waals surface area contributed by atoms with Crippen LogP contribution in [0.4, 0.5) is 0 Å². The van der Waals surface area contributed by atoms with Crippen LogP contribution < -0.4 is 22.1 Å². The highest BCUT2D eigenvalue weighted by Crippen LogP contribution is 2.19. The van der Waals surface area contributed by atoms with E-state index in [-0.39, 0.29) is 17.6 Å². The Hall–Kier alpha value is -3.20. The minimum Gasteiger partial charge on any atom is -0.508 e. The van der Waals surface area contributed by atoms with Crippen molar-refractivity contribution in [1.29, 1.82) is 0 Å². The lowest BCUT2D eigenvalue weighted by molar-refractivity contribution is -0.129. The molecule has 3 rings (SSSR count). The van der Waals surface area contributed by atoms with E-state index in [0.717, 1.165) is 36.8 Å². The Bertz CT molecular complexity index is 1090. The van der Waals surface area contributed by atoms with Crippen molar-refractivity contribution in [3.8, 4) is 5.75 Å². The zero-order valence-electron chi connectivity index (χ0n) is 20.5. The van der Waals surface area contributed by atoms with E-state index in [1.165, 1.54) is 9.75 Å². The number of amides is 2. The highest BCUT2D eigenvalue weighted by Gasteiger charge is 2.24. The van der Waals surface area contributed by atoms with Gasteiger partial charge in [-0.25, -0.2) is 0 Å². The number of nitrogens with two attached hydrogens (primary N) is 2. The number of rotatable bonds is 14. The maximum atomic E-state index is 13.1. The highest BCUT2D eigenvalue weighted by molar-refractivity contribution is 7.12. The van der Waals surface area contributed by atoms with Crippen molar-refractivity contribution < 1.29 is 14.7 Å². The molecule has 0 bridgehead atoms. The van der Waals surface area contributed by atoms with Gasteiger partial charge in [0.05, 0.1) is 6.04 Å². The number of phenols is 1. The molecule has 3 aromatic rings. The maximum Gasteiger partial charge on any atom is 0.242 e. The average molecular weight is 509 g/mol. The molecule has 0 fully saturated rings. The number of phenolic OH excluding ortho intramolecular Hbond substituents is 1. The summed E-state index contributed by atoms with van der Waals surface area (Å²) in [4.78, 5) is 28.5. The Morgan fingerprint density at radius 1 is 0.833 bits per heavy atom. The van der Waals surface area contributed by atoms with Gasteiger partial charge in [0, 0.05) is 22.7 Å². The Kier molecular flexibility index (Phi) is 10.9. The quantitative estimate of drug-likeness (QED) is 0.214. The van der Waals surface area contributed by atoms with Crippen molar-refractivity contribution in [2.45, 2.75) is 50.6 Å². The summed E-state index contributed by atoms with van der Waals surface area (Å²) in [5, 5.41) is 15.3. The van der Waals surface area contributed by atoms with Crippen molar-refractivity contribution in [3.05, 3.63) is 87.6 Å². The van der Waals surface area contributed by atoms with Gasteiger partial charge in [0.25, 0.3) is 0 Å². The van der Waals surface area contributed by atoms with Crippen LogP contribution >= 0.6 is 11.3 Å². The molecule has 0 radical (unpaired) electrons. The van der Waals surface area contributed by atoms with Gasteiger partial charge in [-0.15, -0.1) is 11.3 Å². The summed E-state index contributed by atoms with van der Waals surface area (Å²) in [6, 6.07) is 18.9. The second kappa shape index (κ2) is 14.4. The predicted molar refractivity (Wildman–Crippen MR) is 145 cm³/mol. The number of thiophene rings is 1. The molecule has 36 heavy (non-hydrogen) atoms. The lowest BCUT2D eigenvalue weighted by atomic mass is 10.0. The molecule has 0 saturated carbocycles. The van der Waals surface area contributed by atoms with E-state index in [1.54, 1.807) is 35.6 Å². The van der Waals surface area contributed by atoms with Gasteiger partial charge in [-0.2, -0.15) is 0 Å². The van der Waals surface area contributed by atoms with Gasteiger partial charge in [-0.05, 0) is 74.0 Å². The summed E-state index contributed by atoms with van der Waals surface area (Å²) in [6.45, 7) is 1.20. The molecule has 7 N–H and O–H groups in total. The Morgan fingerprint density at radius 3 is 2.19 bits per heavy atom. The zero-order valence-corrected chi connectivity index (χ0v) is 21.3. The van der Waals surface area contributed by atoms with Gasteiger partial charge in [0.15, 0.2) is 0 Å². The van der Waals surface area contributed by atoms with Gasteiger partial charge in [-0.1, -0.05) is 42.5 Å². The van der Waals surface area contributed by atoms with E-state index in [0.29, 0.717) is 25.9 Å². The minimum atomic E-state index is -0.815. The number of nitrogens with one attached hydrogen (secondary N) is 2. The number of benzene rings is 2. The topological polar surface area (TPSA) is 130 Å². The van der Waals surface area contributed by atoms with Crippen LogP contribution in [0, 0.1) is 0 Å². The third-order valence-corrected chi connectivity index (χ3v) is 7.11. The molecule has 7 nitrogen and oxygen atoms in total. The van der Waals surface area contributed by atoms with E-state index in [9.17, 15) is 14.7 Å². The zero-order chi connectivity index (χ0) is 25.8. The summed E-state index contributed by atoms with van der Waals surface area (Å²) < 4.78 is 0. The summed E-state index contributed by atoms with van der Waals surface area (Å²) in [6.07, 6.45) is 4.55. The van der Waals surface area contributed by atoms with Gasteiger partial charge >= 0.3 is 0 Å². The highest BCUT2D eigenvalue weighted by atomic mass is 32.1. The van der Waals surface area contributed by atoms with E-state index in [2.05, 4.69) is 22.8 Å². The standard InChI is InChI=1S/C28H36N4O3S/c29-16-5-4-8-23-13-14-24(36-23)15-17-31-28(35)26(19-20-6-2-1-3-7-20)32-27(34)25(30)18-21-9-11-22(33)12-10-21/h1-3,6-7,9-14,25-26,33H,4-5,8,15-19,29-30H2,(H,31,35)(H,32,34)/t25-,26-/m0/s1. The summed E-state index contributed by atoms with van der Waals surface area (Å²) in [5.41, 5.74) is 13.5. The average Bonchev–Trinajstić information content (AvgIpc) is 3.33. The second-order valence-corrected chi connectivity index (χ2v) is 10.1. The summed E-state index contributed by atoms with van der Waals surface area (Å²) in [7, 11) is 0. The first kappa shape index (κ1) is 27.4. The fraction of sp³-hybridized carbons (Fsp3) is 0.357. The molecule has 1 aromatic heterocycles. The van der Waals surface area contributed by atoms with Crippen molar-refractivity contribution in [2.75, 3.05) is 13.1 Å². The smallest absolute Gasteiger partial charge is 0.242 e. The molecule has 0 saturated heterocycles. The van der Waals surface area contributed by atoms with Crippen LogP contribution in [0.25, 0.3) is 0 Å². The molecular weight excluding hydrogens is 472 g/mol. The lowest BCUT2D eigenvalue weighted by Gasteiger charge is -2.21. The minimum absolute atomic E-state index is 0.154. The Balaban J connectivity index is 1.56. The largest absolute Gasteiger partial charge is 0.508 e. The normalized spacial score (nSPS) is 12.6. The number of unbranched alkanes of at least 4 members (excludes halogenated alkanes) is 1. The first-order valence-corrected chi connectivity index (χ1v) is 13.2. The van der Waals surface area contributed by atoms with Crippen molar-refractivity contribution in [1.82, 2.24) is 10.6 Å². The van der Waals surface area contributed by atoms with Crippen LogP contribution in [-0.4, -0.2) is 42.1 Å². The van der Waals surface area contributed by atoms with E-state index in [1.807, 2.05) is 30.3 Å². The fourth-order valence-corrected chi connectivity index (χ4v) is 4.94. The molecule has 0 unspecified atom stereocenters. The van der Waals surface area contributed by atoms with Crippen molar-refractivity contribution >= 4 is 23.2 Å². The number of aromatic hydroxyl groups is 1. The molecular formula is C28H36N4O3S. The number of carbonyl (C=O) groups is 2. The van der Waals surface area contributed by atoms with Crippen molar-refractivity contribution in [3.63, 3.8) is 0 Å². The van der Waals surface area contributed by atoms with Gasteiger partial charge < -0.3 is 27.2 Å². The number of hydrogen-bond donors (Lipinski definition) is 5. The Labute approximate surface area is 216 Å². The Morgan fingerprint density at radius 2 is 1.50 bits per heavy atom. The predicted octanol–water partition coefficient (Wildman–Crippen LogP) is 2.69.